The molecule has 0 amide bonds. The Kier molecular flexibility index (Phi) is 6.03. The van der Waals surface area contributed by atoms with Crippen molar-refractivity contribution in [2.75, 3.05) is 25.9 Å². The third-order valence-electron chi connectivity index (χ3n) is 2.33. The number of hydrogen-bond acceptors (Lipinski definition) is 2. The first-order valence-electron chi connectivity index (χ1n) is 6.20. The van der Waals surface area contributed by atoms with Crippen LogP contribution in [0.25, 0.3) is 0 Å². The Morgan fingerprint density at radius 3 is 2.56 bits per heavy atom. The Bertz CT molecular complexity index is 358. The second-order valence-corrected chi connectivity index (χ2v) is 7.97. The van der Waals surface area contributed by atoms with E-state index < -0.39 is 0 Å². The molecule has 0 saturated heterocycles. The Morgan fingerprint density at radius 2 is 1.94 bits per heavy atom. The van der Waals surface area contributed by atoms with Crippen LogP contribution < -0.4 is 4.74 Å². The van der Waals surface area contributed by atoms with Crippen LogP contribution in [-0.2, 0) is 21.4 Å². The van der Waals surface area contributed by atoms with E-state index >= 15 is 0 Å². The minimum absolute atomic E-state index is 0.309. The molecule has 0 radical (unpaired) electrons. The van der Waals surface area contributed by atoms with Crippen LogP contribution in [0.4, 0.5) is 0 Å². The lowest BCUT2D eigenvalue weighted by atomic mass is 10.0. The average molecular weight is 269 g/mol. The minimum atomic E-state index is 0.309. The fourth-order valence-electron chi connectivity index (χ4n) is 1.93. The number of hydrogen-bond donors (Lipinski definition) is 0. The molecular weight excluding hydrogens is 244 g/mol. The van der Waals surface area contributed by atoms with Crippen LogP contribution >= 0.6 is 0 Å². The van der Waals surface area contributed by atoms with Crippen molar-refractivity contribution in [3.05, 3.63) is 29.8 Å². The largest absolute Gasteiger partial charge is 0.468 e. The molecule has 0 aromatic heterocycles. The molecule has 0 aliphatic heterocycles. The zero-order valence-corrected chi connectivity index (χ0v) is 13.0. The molecule has 2 nitrogen and oxygen atoms in total. The second kappa shape index (κ2) is 7.05. The normalized spacial score (nSPS) is 13.4. The second-order valence-electron chi connectivity index (χ2n) is 5.83. The molecule has 1 atom stereocenters. The van der Waals surface area contributed by atoms with Gasteiger partial charge in [-0.2, -0.15) is 0 Å². The van der Waals surface area contributed by atoms with E-state index in [1.807, 2.05) is 6.07 Å². The first-order chi connectivity index (χ1) is 8.40. The molecule has 0 fully saturated rings. The van der Waals surface area contributed by atoms with E-state index in [-0.39, 0.29) is 0 Å². The molecule has 0 aliphatic carbocycles. The maximum absolute atomic E-state index is 5.46. The summed E-state index contributed by atoms with van der Waals surface area (Å²) in [5.74, 6) is 3.28. The molecular formula is C15H25O2S+. The van der Waals surface area contributed by atoms with Gasteiger partial charge in [0.05, 0.1) is 6.26 Å². The highest BCUT2D eigenvalue weighted by atomic mass is 32.2. The summed E-state index contributed by atoms with van der Waals surface area (Å²) in [6, 6.07) is 8.31. The van der Waals surface area contributed by atoms with Crippen molar-refractivity contribution in [2.24, 2.45) is 5.41 Å². The lowest BCUT2D eigenvalue weighted by Gasteiger charge is -2.16. The molecule has 0 spiro atoms. The van der Waals surface area contributed by atoms with E-state index in [0.717, 1.165) is 11.5 Å². The zero-order chi connectivity index (χ0) is 13.6. The molecule has 1 aromatic carbocycles. The molecule has 0 aliphatic rings. The lowest BCUT2D eigenvalue weighted by molar-refractivity contribution is 0.0511. The molecule has 0 bridgehead atoms. The topological polar surface area (TPSA) is 18.5 Å². The molecule has 0 saturated carbocycles. The predicted octanol–water partition coefficient (Wildman–Crippen LogP) is 3.46. The highest BCUT2D eigenvalue weighted by Gasteiger charge is 2.22. The van der Waals surface area contributed by atoms with Gasteiger partial charge in [0.15, 0.2) is 6.79 Å². The van der Waals surface area contributed by atoms with E-state index in [2.05, 4.69) is 45.2 Å². The number of ether oxygens (including phenoxy) is 2. The highest BCUT2D eigenvalue weighted by Crippen LogP contribution is 2.21. The molecule has 1 rings (SSSR count). The van der Waals surface area contributed by atoms with Crippen LogP contribution in [0.2, 0.25) is 0 Å². The standard InChI is InChI=1S/C15H25O2S/c1-15(2,3)11-18(5)10-13-7-6-8-14(9-13)17-12-16-4/h6-9H,10-12H2,1-5H3/q+1. The van der Waals surface area contributed by atoms with Crippen LogP contribution in [0.15, 0.2) is 24.3 Å². The summed E-state index contributed by atoms with van der Waals surface area (Å²) in [5, 5.41) is 0. The Balaban J connectivity index is 2.56. The zero-order valence-electron chi connectivity index (χ0n) is 12.2. The van der Waals surface area contributed by atoms with Crippen molar-refractivity contribution in [3.8, 4) is 5.75 Å². The van der Waals surface area contributed by atoms with Gasteiger partial charge in [0.1, 0.15) is 17.3 Å². The van der Waals surface area contributed by atoms with E-state index in [1.165, 1.54) is 11.3 Å². The molecule has 0 N–H and O–H groups in total. The first-order valence-corrected chi connectivity index (χ1v) is 8.17. The molecule has 1 unspecified atom stereocenters. The van der Waals surface area contributed by atoms with Gasteiger partial charge in [-0.1, -0.05) is 32.9 Å². The highest BCUT2D eigenvalue weighted by molar-refractivity contribution is 7.95. The van der Waals surface area contributed by atoms with Gasteiger partial charge in [-0.05, 0) is 23.0 Å². The maximum Gasteiger partial charge on any atom is 0.188 e. The van der Waals surface area contributed by atoms with E-state index in [4.69, 9.17) is 9.47 Å². The summed E-state index contributed by atoms with van der Waals surface area (Å²) in [5.41, 5.74) is 1.75. The molecule has 0 heterocycles. The summed E-state index contributed by atoms with van der Waals surface area (Å²) in [4.78, 5) is 0. The quantitative estimate of drug-likeness (QED) is 0.581. The van der Waals surface area contributed by atoms with Crippen molar-refractivity contribution in [1.82, 2.24) is 0 Å². The van der Waals surface area contributed by atoms with Gasteiger partial charge in [-0.3, -0.25) is 0 Å². The summed E-state index contributed by atoms with van der Waals surface area (Å²) in [7, 11) is 2.04. The van der Waals surface area contributed by atoms with Crippen molar-refractivity contribution >= 4 is 10.9 Å². The first kappa shape index (κ1) is 15.4. The van der Waals surface area contributed by atoms with Crippen LogP contribution in [0.1, 0.15) is 26.3 Å². The van der Waals surface area contributed by atoms with Gasteiger partial charge in [0.25, 0.3) is 0 Å². The van der Waals surface area contributed by atoms with Crippen LogP contribution in [0, 0.1) is 5.41 Å². The fourth-order valence-corrected chi connectivity index (χ4v) is 4.26. The summed E-state index contributed by atoms with van der Waals surface area (Å²) >= 11 is 0. The predicted molar refractivity (Wildman–Crippen MR) is 80.3 cm³/mol. The Labute approximate surface area is 114 Å². The number of benzene rings is 1. The summed E-state index contributed by atoms with van der Waals surface area (Å²) in [6.45, 7) is 7.21. The van der Waals surface area contributed by atoms with Crippen molar-refractivity contribution < 1.29 is 9.47 Å². The Morgan fingerprint density at radius 1 is 1.22 bits per heavy atom. The van der Waals surface area contributed by atoms with E-state index in [9.17, 15) is 0 Å². The van der Waals surface area contributed by atoms with E-state index in [0.29, 0.717) is 23.1 Å². The van der Waals surface area contributed by atoms with Crippen molar-refractivity contribution in [1.29, 1.82) is 0 Å². The van der Waals surface area contributed by atoms with Crippen LogP contribution in [0.5, 0.6) is 5.75 Å². The third kappa shape index (κ3) is 6.31. The number of methoxy groups -OCH3 is 1. The van der Waals surface area contributed by atoms with Gasteiger partial charge in [-0.15, -0.1) is 0 Å². The molecule has 3 heteroatoms. The minimum Gasteiger partial charge on any atom is -0.468 e. The van der Waals surface area contributed by atoms with E-state index in [1.54, 1.807) is 7.11 Å². The SMILES string of the molecule is COCOc1cccc(C[S+](C)CC(C)(C)C)c1. The summed E-state index contributed by atoms with van der Waals surface area (Å²) in [6.07, 6.45) is 2.34. The molecule has 18 heavy (non-hydrogen) atoms. The fraction of sp³-hybridized carbons (Fsp3) is 0.600. The van der Waals surface area contributed by atoms with Gasteiger partial charge < -0.3 is 9.47 Å². The average Bonchev–Trinajstić information content (AvgIpc) is 2.24. The van der Waals surface area contributed by atoms with Gasteiger partial charge >= 0.3 is 0 Å². The van der Waals surface area contributed by atoms with Gasteiger partial charge in [0.2, 0.25) is 0 Å². The monoisotopic (exact) mass is 269 g/mol. The van der Waals surface area contributed by atoms with Crippen LogP contribution in [0.3, 0.4) is 0 Å². The lowest BCUT2D eigenvalue weighted by Crippen LogP contribution is -2.21. The third-order valence-corrected chi connectivity index (χ3v) is 4.52. The number of rotatable bonds is 6. The molecule has 1 aromatic rings. The van der Waals surface area contributed by atoms with Gasteiger partial charge in [0, 0.05) is 18.1 Å². The summed E-state index contributed by atoms with van der Waals surface area (Å²) < 4.78 is 10.4. The van der Waals surface area contributed by atoms with Crippen LogP contribution in [-0.4, -0.2) is 25.9 Å². The van der Waals surface area contributed by atoms with Gasteiger partial charge in [-0.25, -0.2) is 0 Å². The molecule has 102 valence electrons. The smallest absolute Gasteiger partial charge is 0.188 e. The maximum atomic E-state index is 5.46. The van der Waals surface area contributed by atoms with Crippen molar-refractivity contribution in [2.45, 2.75) is 26.5 Å². The van der Waals surface area contributed by atoms with Crippen molar-refractivity contribution in [3.63, 3.8) is 0 Å². The Hall–Kier alpha value is -0.670.